The van der Waals surface area contributed by atoms with E-state index in [4.69, 9.17) is 4.74 Å². The molecule has 1 aromatic heterocycles. The third-order valence-corrected chi connectivity index (χ3v) is 6.09. The fourth-order valence-electron chi connectivity index (χ4n) is 4.13. The fraction of sp³-hybridized carbons (Fsp3) is 0.308. The number of carbonyl (C=O) groups excluding carboxylic acids is 1. The number of ether oxygens (including phenoxy) is 1. The molecule has 1 aliphatic rings. The van der Waals surface area contributed by atoms with E-state index < -0.39 is 0 Å². The van der Waals surface area contributed by atoms with Crippen molar-refractivity contribution in [2.45, 2.75) is 20.0 Å². The minimum atomic E-state index is -0.244. The van der Waals surface area contributed by atoms with E-state index in [1.165, 1.54) is 19.2 Å². The number of carbonyl (C=O) groups is 1. The van der Waals surface area contributed by atoms with E-state index in [1.807, 2.05) is 31.2 Å². The molecule has 4 rings (SSSR count). The summed E-state index contributed by atoms with van der Waals surface area (Å²) in [6.45, 7) is 5.69. The molecular formula is C26H29FN4O3. The van der Waals surface area contributed by atoms with Crippen molar-refractivity contribution in [3.8, 4) is 5.75 Å². The molecule has 0 spiro atoms. The van der Waals surface area contributed by atoms with Gasteiger partial charge in [-0.2, -0.15) is 0 Å². The predicted molar refractivity (Wildman–Crippen MR) is 131 cm³/mol. The smallest absolute Gasteiger partial charge is 0.244 e. The van der Waals surface area contributed by atoms with Crippen molar-refractivity contribution < 1.29 is 13.9 Å². The Morgan fingerprint density at radius 2 is 1.76 bits per heavy atom. The van der Waals surface area contributed by atoms with E-state index in [2.05, 4.69) is 15.1 Å². The zero-order valence-corrected chi connectivity index (χ0v) is 19.5. The summed E-state index contributed by atoms with van der Waals surface area (Å²) in [5.41, 5.74) is 3.28. The van der Waals surface area contributed by atoms with Gasteiger partial charge in [0.15, 0.2) is 5.75 Å². The first kappa shape index (κ1) is 23.5. The van der Waals surface area contributed by atoms with Crippen molar-refractivity contribution in [3.63, 3.8) is 0 Å². The summed E-state index contributed by atoms with van der Waals surface area (Å²) in [4.78, 5) is 29.7. The van der Waals surface area contributed by atoms with Crippen LogP contribution in [0.2, 0.25) is 0 Å². The van der Waals surface area contributed by atoms with Crippen molar-refractivity contribution >= 4 is 17.3 Å². The number of aryl methyl sites for hydroxylation is 1. The van der Waals surface area contributed by atoms with Gasteiger partial charge in [-0.3, -0.25) is 14.5 Å². The Kier molecular flexibility index (Phi) is 7.27. The zero-order valence-electron chi connectivity index (χ0n) is 19.5. The number of nitrogens with one attached hydrogen (secondary N) is 1. The maximum absolute atomic E-state index is 13.2. The standard InChI is InChI=1S/C26H29FN4O3/c1-19-5-3-4-6-23(19)28-26(33)18-31-17-25(34-2)24(32)15-22(31)16-29-11-13-30(14-12-29)21-9-7-20(27)8-10-21/h3-10,15,17H,11-14,16,18H2,1-2H3,(H,28,33). The quantitative estimate of drug-likeness (QED) is 0.582. The number of hydrogen-bond donors (Lipinski definition) is 1. The number of methoxy groups -OCH3 is 1. The van der Waals surface area contributed by atoms with E-state index in [0.717, 1.165) is 48.8 Å². The molecule has 1 N–H and O–H groups in total. The Morgan fingerprint density at radius 1 is 1.06 bits per heavy atom. The molecule has 2 heterocycles. The number of benzene rings is 2. The number of para-hydroxylation sites is 1. The number of aromatic nitrogens is 1. The molecule has 0 bridgehead atoms. The van der Waals surface area contributed by atoms with Crippen LogP contribution in [-0.4, -0.2) is 48.7 Å². The number of nitrogens with zero attached hydrogens (tertiary/aromatic N) is 3. The lowest BCUT2D eigenvalue weighted by Gasteiger charge is -2.36. The maximum atomic E-state index is 13.2. The van der Waals surface area contributed by atoms with Crippen molar-refractivity contribution in [2.75, 3.05) is 43.5 Å². The molecule has 0 aliphatic carbocycles. The summed E-state index contributed by atoms with van der Waals surface area (Å²) >= 11 is 0. The molecule has 0 atom stereocenters. The lowest BCUT2D eigenvalue weighted by Crippen LogP contribution is -2.46. The van der Waals surface area contributed by atoms with Gasteiger partial charge in [-0.15, -0.1) is 0 Å². The Bertz CT molecular complexity index is 1200. The summed E-state index contributed by atoms with van der Waals surface area (Å²) in [5.74, 6) is -0.220. The van der Waals surface area contributed by atoms with Gasteiger partial charge in [0.1, 0.15) is 12.4 Å². The van der Waals surface area contributed by atoms with Crippen LogP contribution in [0.1, 0.15) is 11.3 Å². The first-order valence-corrected chi connectivity index (χ1v) is 11.3. The summed E-state index contributed by atoms with van der Waals surface area (Å²) < 4.78 is 20.2. The van der Waals surface area contributed by atoms with Crippen LogP contribution in [-0.2, 0) is 17.9 Å². The van der Waals surface area contributed by atoms with Crippen molar-refractivity contribution in [3.05, 3.63) is 88.1 Å². The maximum Gasteiger partial charge on any atom is 0.244 e. The van der Waals surface area contributed by atoms with Gasteiger partial charge in [-0.1, -0.05) is 18.2 Å². The van der Waals surface area contributed by atoms with Crippen molar-refractivity contribution in [1.82, 2.24) is 9.47 Å². The SMILES string of the molecule is COc1cn(CC(=O)Nc2ccccc2C)c(CN2CCN(c3ccc(F)cc3)CC2)cc1=O. The van der Waals surface area contributed by atoms with Gasteiger partial charge in [-0.25, -0.2) is 4.39 Å². The van der Waals surface area contributed by atoms with Gasteiger partial charge in [0, 0.05) is 55.9 Å². The molecule has 1 saturated heterocycles. The second-order valence-corrected chi connectivity index (χ2v) is 8.43. The van der Waals surface area contributed by atoms with Crippen LogP contribution in [0.4, 0.5) is 15.8 Å². The van der Waals surface area contributed by atoms with Gasteiger partial charge >= 0.3 is 0 Å². The fourth-order valence-corrected chi connectivity index (χ4v) is 4.13. The average molecular weight is 465 g/mol. The van der Waals surface area contributed by atoms with E-state index in [0.29, 0.717) is 6.54 Å². The van der Waals surface area contributed by atoms with Crippen LogP contribution in [0, 0.1) is 12.7 Å². The number of rotatable bonds is 7. The van der Waals surface area contributed by atoms with E-state index in [-0.39, 0.29) is 29.4 Å². The van der Waals surface area contributed by atoms with Gasteiger partial charge in [-0.05, 0) is 42.8 Å². The van der Waals surface area contributed by atoms with Crippen LogP contribution in [0.25, 0.3) is 0 Å². The Balaban J connectivity index is 1.45. The van der Waals surface area contributed by atoms with E-state index in [9.17, 15) is 14.0 Å². The summed E-state index contributed by atoms with van der Waals surface area (Å²) in [7, 11) is 1.45. The molecule has 178 valence electrons. The zero-order chi connectivity index (χ0) is 24.1. The Hall–Kier alpha value is -3.65. The van der Waals surface area contributed by atoms with Crippen LogP contribution < -0.4 is 20.4 Å². The summed E-state index contributed by atoms with van der Waals surface area (Å²) in [6, 6.07) is 15.7. The molecule has 0 unspecified atom stereocenters. The second-order valence-electron chi connectivity index (χ2n) is 8.43. The molecular weight excluding hydrogens is 435 g/mol. The number of pyridine rings is 1. The van der Waals surface area contributed by atoms with Crippen LogP contribution in [0.15, 0.2) is 65.6 Å². The molecule has 8 heteroatoms. The average Bonchev–Trinajstić information content (AvgIpc) is 2.83. The highest BCUT2D eigenvalue weighted by molar-refractivity contribution is 5.91. The third-order valence-electron chi connectivity index (χ3n) is 6.09. The minimum Gasteiger partial charge on any atom is -0.491 e. The number of amides is 1. The lowest BCUT2D eigenvalue weighted by molar-refractivity contribution is -0.116. The molecule has 34 heavy (non-hydrogen) atoms. The largest absolute Gasteiger partial charge is 0.491 e. The number of piperazine rings is 1. The molecule has 1 fully saturated rings. The summed E-state index contributed by atoms with van der Waals surface area (Å²) in [6.07, 6.45) is 1.60. The Labute approximate surface area is 198 Å². The van der Waals surface area contributed by atoms with Gasteiger partial charge in [0.25, 0.3) is 0 Å². The van der Waals surface area contributed by atoms with Crippen LogP contribution >= 0.6 is 0 Å². The van der Waals surface area contributed by atoms with Crippen LogP contribution in [0.3, 0.4) is 0 Å². The minimum absolute atomic E-state index is 0.0653. The van der Waals surface area contributed by atoms with Crippen molar-refractivity contribution in [2.24, 2.45) is 0 Å². The van der Waals surface area contributed by atoms with E-state index >= 15 is 0 Å². The van der Waals surface area contributed by atoms with Crippen molar-refractivity contribution in [1.29, 1.82) is 0 Å². The number of halogens is 1. The third kappa shape index (κ3) is 5.63. The monoisotopic (exact) mass is 464 g/mol. The molecule has 7 nitrogen and oxygen atoms in total. The lowest BCUT2D eigenvalue weighted by atomic mass is 10.2. The molecule has 3 aromatic rings. The topological polar surface area (TPSA) is 66.8 Å². The van der Waals surface area contributed by atoms with Gasteiger partial charge < -0.3 is 19.5 Å². The first-order chi connectivity index (χ1) is 16.4. The molecule has 1 aliphatic heterocycles. The second kappa shape index (κ2) is 10.5. The number of anilines is 2. The normalized spacial score (nSPS) is 14.1. The highest BCUT2D eigenvalue weighted by atomic mass is 19.1. The molecule has 0 radical (unpaired) electrons. The highest BCUT2D eigenvalue weighted by Crippen LogP contribution is 2.19. The summed E-state index contributed by atoms with van der Waals surface area (Å²) in [5, 5.41) is 2.94. The number of hydrogen-bond acceptors (Lipinski definition) is 5. The molecule has 0 saturated carbocycles. The van der Waals surface area contributed by atoms with Gasteiger partial charge in [0.2, 0.25) is 11.3 Å². The van der Waals surface area contributed by atoms with Crippen LogP contribution in [0.5, 0.6) is 5.75 Å². The molecule has 1 amide bonds. The first-order valence-electron chi connectivity index (χ1n) is 11.3. The Morgan fingerprint density at radius 3 is 2.44 bits per heavy atom. The highest BCUT2D eigenvalue weighted by Gasteiger charge is 2.20. The van der Waals surface area contributed by atoms with Gasteiger partial charge in [0.05, 0.1) is 13.3 Å². The predicted octanol–water partition coefficient (Wildman–Crippen LogP) is 3.27. The van der Waals surface area contributed by atoms with E-state index in [1.54, 1.807) is 29.0 Å². The molecule has 2 aromatic carbocycles.